The SMILES string of the molecule is COC(=O)C1CCCN1C(=O)C(C)(C)c1ccccc1. The maximum atomic E-state index is 12.8. The van der Waals surface area contributed by atoms with Crippen LogP contribution in [-0.4, -0.2) is 36.5 Å². The van der Waals surface area contributed by atoms with Crippen LogP contribution < -0.4 is 0 Å². The summed E-state index contributed by atoms with van der Waals surface area (Å²) in [6, 6.07) is 9.23. The maximum absolute atomic E-state index is 12.8. The van der Waals surface area contributed by atoms with Crippen LogP contribution in [0.4, 0.5) is 0 Å². The van der Waals surface area contributed by atoms with Gasteiger partial charge < -0.3 is 9.64 Å². The van der Waals surface area contributed by atoms with Gasteiger partial charge in [-0.2, -0.15) is 0 Å². The number of hydrogen-bond acceptors (Lipinski definition) is 3. The molecule has 1 amide bonds. The first-order chi connectivity index (χ1) is 9.48. The number of likely N-dealkylation sites (tertiary alicyclic amines) is 1. The molecule has 0 spiro atoms. The molecule has 1 atom stereocenters. The van der Waals surface area contributed by atoms with Gasteiger partial charge in [-0.05, 0) is 32.3 Å². The Morgan fingerprint density at radius 3 is 2.50 bits per heavy atom. The van der Waals surface area contributed by atoms with Crippen molar-refractivity contribution in [2.24, 2.45) is 0 Å². The molecule has 1 unspecified atom stereocenters. The van der Waals surface area contributed by atoms with Crippen molar-refractivity contribution in [3.05, 3.63) is 35.9 Å². The lowest BCUT2D eigenvalue weighted by atomic mass is 9.83. The van der Waals surface area contributed by atoms with E-state index in [1.165, 1.54) is 7.11 Å². The average molecular weight is 275 g/mol. The molecule has 1 aliphatic rings. The van der Waals surface area contributed by atoms with E-state index in [1.54, 1.807) is 4.90 Å². The summed E-state index contributed by atoms with van der Waals surface area (Å²) >= 11 is 0. The van der Waals surface area contributed by atoms with Crippen LogP contribution in [0, 0.1) is 0 Å². The summed E-state index contributed by atoms with van der Waals surface area (Å²) in [7, 11) is 1.37. The predicted octanol–water partition coefficient (Wildman–Crippen LogP) is 2.13. The van der Waals surface area contributed by atoms with Gasteiger partial charge in [0.25, 0.3) is 0 Å². The summed E-state index contributed by atoms with van der Waals surface area (Å²) in [5.41, 5.74) is 0.318. The Kier molecular flexibility index (Phi) is 4.12. The van der Waals surface area contributed by atoms with Gasteiger partial charge in [-0.1, -0.05) is 30.3 Å². The highest BCUT2D eigenvalue weighted by atomic mass is 16.5. The molecule has 0 aliphatic carbocycles. The largest absolute Gasteiger partial charge is 0.467 e. The second-order valence-corrected chi connectivity index (χ2v) is 5.67. The number of amides is 1. The molecule has 108 valence electrons. The van der Waals surface area contributed by atoms with Gasteiger partial charge in [0.1, 0.15) is 6.04 Å². The smallest absolute Gasteiger partial charge is 0.328 e. The molecule has 0 bridgehead atoms. The molecule has 1 heterocycles. The van der Waals surface area contributed by atoms with E-state index in [0.29, 0.717) is 13.0 Å². The van der Waals surface area contributed by atoms with Crippen molar-refractivity contribution >= 4 is 11.9 Å². The molecule has 1 aromatic carbocycles. The topological polar surface area (TPSA) is 46.6 Å². The molecular weight excluding hydrogens is 254 g/mol. The van der Waals surface area contributed by atoms with Gasteiger partial charge in [0.15, 0.2) is 0 Å². The molecule has 1 fully saturated rings. The molecule has 1 aromatic rings. The molecule has 4 heteroatoms. The lowest BCUT2D eigenvalue weighted by molar-refractivity contribution is -0.152. The predicted molar refractivity (Wildman–Crippen MR) is 76.2 cm³/mol. The summed E-state index contributed by atoms with van der Waals surface area (Å²) in [5, 5.41) is 0. The quantitative estimate of drug-likeness (QED) is 0.794. The third kappa shape index (κ3) is 2.55. The van der Waals surface area contributed by atoms with Crippen molar-refractivity contribution in [1.29, 1.82) is 0 Å². The van der Waals surface area contributed by atoms with E-state index in [0.717, 1.165) is 12.0 Å². The van der Waals surface area contributed by atoms with E-state index in [4.69, 9.17) is 4.74 Å². The van der Waals surface area contributed by atoms with E-state index in [9.17, 15) is 9.59 Å². The van der Waals surface area contributed by atoms with Crippen molar-refractivity contribution < 1.29 is 14.3 Å². The molecule has 0 radical (unpaired) electrons. The number of hydrogen-bond donors (Lipinski definition) is 0. The van der Waals surface area contributed by atoms with E-state index in [2.05, 4.69) is 0 Å². The fourth-order valence-corrected chi connectivity index (χ4v) is 2.73. The first kappa shape index (κ1) is 14.6. The highest BCUT2D eigenvalue weighted by Crippen LogP contribution is 2.29. The molecule has 20 heavy (non-hydrogen) atoms. The molecule has 1 saturated heterocycles. The summed E-state index contributed by atoms with van der Waals surface area (Å²) in [4.78, 5) is 26.3. The Hall–Kier alpha value is -1.84. The van der Waals surface area contributed by atoms with Crippen molar-refractivity contribution in [3.8, 4) is 0 Å². The van der Waals surface area contributed by atoms with Crippen LogP contribution >= 0.6 is 0 Å². The van der Waals surface area contributed by atoms with E-state index < -0.39 is 11.5 Å². The fraction of sp³-hybridized carbons (Fsp3) is 0.500. The van der Waals surface area contributed by atoms with Crippen LogP contribution in [0.15, 0.2) is 30.3 Å². The van der Waals surface area contributed by atoms with Gasteiger partial charge in [-0.15, -0.1) is 0 Å². The molecule has 0 saturated carbocycles. The summed E-state index contributed by atoms with van der Waals surface area (Å²) in [5.74, 6) is -0.337. The lowest BCUT2D eigenvalue weighted by Crippen LogP contribution is -2.48. The Morgan fingerprint density at radius 2 is 1.90 bits per heavy atom. The third-order valence-corrected chi connectivity index (χ3v) is 4.02. The number of benzene rings is 1. The average Bonchev–Trinajstić information content (AvgIpc) is 2.95. The van der Waals surface area contributed by atoms with Gasteiger partial charge in [0.05, 0.1) is 12.5 Å². The van der Waals surface area contributed by atoms with Crippen molar-refractivity contribution in [1.82, 2.24) is 4.90 Å². The van der Waals surface area contributed by atoms with Gasteiger partial charge in [0.2, 0.25) is 5.91 Å². The van der Waals surface area contributed by atoms with Crippen LogP contribution in [0.5, 0.6) is 0 Å². The third-order valence-electron chi connectivity index (χ3n) is 4.02. The van der Waals surface area contributed by atoms with Crippen molar-refractivity contribution in [3.63, 3.8) is 0 Å². The van der Waals surface area contributed by atoms with Gasteiger partial charge >= 0.3 is 5.97 Å². The Balaban J connectivity index is 2.24. The number of rotatable bonds is 3. The Labute approximate surface area is 119 Å². The van der Waals surface area contributed by atoms with Crippen LogP contribution in [0.25, 0.3) is 0 Å². The second kappa shape index (κ2) is 5.65. The number of esters is 1. The van der Waals surface area contributed by atoms with Gasteiger partial charge in [-0.25, -0.2) is 4.79 Å². The molecule has 2 rings (SSSR count). The first-order valence-electron chi connectivity index (χ1n) is 6.93. The van der Waals surface area contributed by atoms with E-state index in [1.807, 2.05) is 44.2 Å². The molecular formula is C16H21NO3. The zero-order valence-corrected chi connectivity index (χ0v) is 12.3. The van der Waals surface area contributed by atoms with Crippen LogP contribution in [0.1, 0.15) is 32.3 Å². The van der Waals surface area contributed by atoms with Crippen LogP contribution in [0.3, 0.4) is 0 Å². The van der Waals surface area contributed by atoms with E-state index >= 15 is 0 Å². The molecule has 1 aliphatic heterocycles. The monoisotopic (exact) mass is 275 g/mol. The van der Waals surface area contributed by atoms with Gasteiger partial charge in [-0.3, -0.25) is 4.79 Å². The number of methoxy groups -OCH3 is 1. The highest BCUT2D eigenvalue weighted by molar-refractivity contribution is 5.91. The zero-order chi connectivity index (χ0) is 14.8. The number of nitrogens with zero attached hydrogens (tertiary/aromatic N) is 1. The maximum Gasteiger partial charge on any atom is 0.328 e. The molecule has 0 N–H and O–H groups in total. The van der Waals surface area contributed by atoms with E-state index in [-0.39, 0.29) is 11.9 Å². The van der Waals surface area contributed by atoms with Crippen molar-refractivity contribution in [2.45, 2.75) is 38.1 Å². The minimum absolute atomic E-state index is 0.0170. The Morgan fingerprint density at radius 1 is 1.25 bits per heavy atom. The minimum Gasteiger partial charge on any atom is -0.467 e. The minimum atomic E-state index is -0.641. The van der Waals surface area contributed by atoms with Crippen LogP contribution in [0.2, 0.25) is 0 Å². The summed E-state index contributed by atoms with van der Waals surface area (Å²) < 4.78 is 4.80. The molecule has 0 aromatic heterocycles. The highest BCUT2D eigenvalue weighted by Gasteiger charge is 2.41. The fourth-order valence-electron chi connectivity index (χ4n) is 2.73. The number of carbonyl (C=O) groups excluding carboxylic acids is 2. The van der Waals surface area contributed by atoms with Gasteiger partial charge in [0, 0.05) is 6.54 Å². The summed E-state index contributed by atoms with van der Waals surface area (Å²) in [6.07, 6.45) is 1.53. The lowest BCUT2D eigenvalue weighted by Gasteiger charge is -2.32. The number of carbonyl (C=O) groups is 2. The molecule has 4 nitrogen and oxygen atoms in total. The van der Waals surface area contributed by atoms with Crippen molar-refractivity contribution in [2.75, 3.05) is 13.7 Å². The van der Waals surface area contributed by atoms with Crippen LogP contribution in [-0.2, 0) is 19.7 Å². The standard InChI is InChI=1S/C16H21NO3/c1-16(2,12-8-5-4-6-9-12)15(19)17-11-7-10-13(17)14(18)20-3/h4-6,8-9,13H,7,10-11H2,1-3H3. The number of ether oxygens (including phenoxy) is 1. The first-order valence-corrected chi connectivity index (χ1v) is 6.93. The Bertz CT molecular complexity index is 496. The normalized spacial score (nSPS) is 18.9. The second-order valence-electron chi connectivity index (χ2n) is 5.67. The zero-order valence-electron chi connectivity index (χ0n) is 12.3. The summed E-state index contributed by atoms with van der Waals surface area (Å²) in [6.45, 7) is 4.42.